The van der Waals surface area contributed by atoms with Crippen molar-refractivity contribution in [2.45, 2.75) is 6.42 Å². The van der Waals surface area contributed by atoms with Crippen LogP contribution in [0.15, 0.2) is 18.3 Å². The van der Waals surface area contributed by atoms with Crippen LogP contribution in [0.25, 0.3) is 0 Å². The molecule has 3 rings (SSSR count). The van der Waals surface area contributed by atoms with Gasteiger partial charge in [-0.25, -0.2) is 4.98 Å². The van der Waals surface area contributed by atoms with Gasteiger partial charge in [0.2, 0.25) is 5.95 Å². The SMILES string of the molecule is Fc1ccc(N2CC3CNCC(C3)C2)cn1. The number of nitrogens with zero attached hydrogens (tertiary/aromatic N) is 2. The average Bonchev–Trinajstić information content (AvgIpc) is 2.29. The molecule has 2 fully saturated rings. The molecule has 2 saturated heterocycles. The van der Waals surface area contributed by atoms with Crippen LogP contribution in [0.2, 0.25) is 0 Å². The highest BCUT2D eigenvalue weighted by Crippen LogP contribution is 2.27. The van der Waals surface area contributed by atoms with Crippen molar-refractivity contribution in [3.8, 4) is 0 Å². The summed E-state index contributed by atoms with van der Waals surface area (Å²) in [6.45, 7) is 4.36. The number of nitrogens with one attached hydrogen (secondary N) is 1. The molecule has 0 spiro atoms. The minimum absolute atomic E-state index is 0.400. The molecule has 0 aliphatic carbocycles. The third-order valence-electron chi connectivity index (χ3n) is 3.57. The van der Waals surface area contributed by atoms with E-state index < -0.39 is 5.95 Å². The van der Waals surface area contributed by atoms with E-state index in [2.05, 4.69) is 15.2 Å². The highest BCUT2D eigenvalue weighted by molar-refractivity contribution is 5.44. The van der Waals surface area contributed by atoms with Crippen LogP contribution >= 0.6 is 0 Å². The standard InChI is InChI=1S/C12H16FN3/c13-12-2-1-11(6-15-12)16-7-9-3-10(8-16)5-14-4-9/h1-2,6,9-10,14H,3-5,7-8H2. The van der Waals surface area contributed by atoms with Gasteiger partial charge in [0.05, 0.1) is 11.9 Å². The molecule has 1 aromatic heterocycles. The Labute approximate surface area is 94.7 Å². The molecule has 0 amide bonds. The Hall–Kier alpha value is -1.16. The molecule has 0 aromatic carbocycles. The molecule has 3 heterocycles. The highest BCUT2D eigenvalue weighted by atomic mass is 19.1. The van der Waals surface area contributed by atoms with Gasteiger partial charge in [-0.3, -0.25) is 0 Å². The number of pyridine rings is 1. The number of hydrogen-bond donors (Lipinski definition) is 1. The second-order valence-electron chi connectivity index (χ2n) is 4.87. The fourth-order valence-electron chi connectivity index (χ4n) is 2.87. The molecule has 2 atom stereocenters. The molecule has 86 valence electrons. The molecule has 0 saturated carbocycles. The smallest absolute Gasteiger partial charge is 0.212 e. The Bertz CT molecular complexity index is 353. The van der Waals surface area contributed by atoms with Gasteiger partial charge >= 0.3 is 0 Å². The molecule has 3 nitrogen and oxygen atoms in total. The van der Waals surface area contributed by atoms with Gasteiger partial charge in [-0.05, 0) is 43.5 Å². The number of hydrogen-bond acceptors (Lipinski definition) is 3. The fourth-order valence-corrected chi connectivity index (χ4v) is 2.87. The Balaban J connectivity index is 1.77. The van der Waals surface area contributed by atoms with E-state index >= 15 is 0 Å². The van der Waals surface area contributed by atoms with Crippen molar-refractivity contribution >= 4 is 5.69 Å². The maximum atomic E-state index is 12.7. The second-order valence-corrected chi connectivity index (χ2v) is 4.87. The molecular formula is C12H16FN3. The van der Waals surface area contributed by atoms with Gasteiger partial charge in [0.1, 0.15) is 0 Å². The van der Waals surface area contributed by atoms with E-state index in [9.17, 15) is 4.39 Å². The van der Waals surface area contributed by atoms with Crippen LogP contribution in [0.1, 0.15) is 6.42 Å². The third kappa shape index (κ3) is 1.89. The van der Waals surface area contributed by atoms with E-state index in [4.69, 9.17) is 0 Å². The summed E-state index contributed by atoms with van der Waals surface area (Å²) in [4.78, 5) is 6.06. The van der Waals surface area contributed by atoms with Crippen LogP contribution in [0.4, 0.5) is 10.1 Å². The maximum absolute atomic E-state index is 12.7. The first-order valence-corrected chi connectivity index (χ1v) is 5.88. The summed E-state index contributed by atoms with van der Waals surface area (Å²) in [7, 11) is 0. The largest absolute Gasteiger partial charge is 0.370 e. The summed E-state index contributed by atoms with van der Waals surface area (Å²) in [5.74, 6) is 1.07. The summed E-state index contributed by atoms with van der Waals surface area (Å²) < 4.78 is 12.7. The van der Waals surface area contributed by atoms with Crippen molar-refractivity contribution in [1.82, 2.24) is 10.3 Å². The Morgan fingerprint density at radius 3 is 2.62 bits per heavy atom. The lowest BCUT2D eigenvalue weighted by Gasteiger charge is -2.42. The first-order valence-electron chi connectivity index (χ1n) is 5.88. The van der Waals surface area contributed by atoms with Crippen molar-refractivity contribution < 1.29 is 4.39 Å². The maximum Gasteiger partial charge on any atom is 0.212 e. The Kier molecular flexibility index (Phi) is 2.52. The third-order valence-corrected chi connectivity index (χ3v) is 3.57. The predicted octanol–water partition coefficient (Wildman–Crippen LogP) is 1.27. The van der Waals surface area contributed by atoms with E-state index in [1.807, 2.05) is 6.07 Å². The van der Waals surface area contributed by atoms with Crippen molar-refractivity contribution in [1.29, 1.82) is 0 Å². The highest BCUT2D eigenvalue weighted by Gasteiger charge is 2.30. The van der Waals surface area contributed by atoms with E-state index in [1.54, 1.807) is 6.20 Å². The van der Waals surface area contributed by atoms with Crippen molar-refractivity contribution in [3.05, 3.63) is 24.3 Å². The van der Waals surface area contributed by atoms with Gasteiger partial charge in [0, 0.05) is 13.1 Å². The Morgan fingerprint density at radius 1 is 1.25 bits per heavy atom. The van der Waals surface area contributed by atoms with Crippen molar-refractivity contribution in [2.75, 3.05) is 31.1 Å². The zero-order chi connectivity index (χ0) is 11.0. The quantitative estimate of drug-likeness (QED) is 0.724. The molecule has 4 heteroatoms. The van der Waals surface area contributed by atoms with Gasteiger partial charge in [-0.15, -0.1) is 0 Å². The zero-order valence-corrected chi connectivity index (χ0v) is 9.19. The van der Waals surface area contributed by atoms with Crippen molar-refractivity contribution in [3.63, 3.8) is 0 Å². The van der Waals surface area contributed by atoms with Crippen LogP contribution < -0.4 is 10.2 Å². The van der Waals surface area contributed by atoms with Crippen LogP contribution in [0.3, 0.4) is 0 Å². The van der Waals surface area contributed by atoms with Crippen molar-refractivity contribution in [2.24, 2.45) is 11.8 Å². The second kappa shape index (κ2) is 4.01. The molecule has 16 heavy (non-hydrogen) atoms. The molecule has 2 aliphatic heterocycles. The first-order chi connectivity index (χ1) is 7.81. The minimum atomic E-state index is -0.400. The zero-order valence-electron chi connectivity index (χ0n) is 9.19. The molecule has 2 bridgehead atoms. The number of anilines is 1. The number of piperidine rings is 2. The van der Waals surface area contributed by atoms with E-state index in [-0.39, 0.29) is 0 Å². The summed E-state index contributed by atoms with van der Waals surface area (Å²) in [5, 5.41) is 3.47. The van der Waals surface area contributed by atoms with Gasteiger partial charge < -0.3 is 10.2 Å². The number of fused-ring (bicyclic) bond motifs is 2. The lowest BCUT2D eigenvalue weighted by molar-refractivity contribution is 0.249. The number of rotatable bonds is 1. The summed E-state index contributed by atoms with van der Waals surface area (Å²) in [6, 6.07) is 3.27. The lowest BCUT2D eigenvalue weighted by atomic mass is 9.86. The topological polar surface area (TPSA) is 28.2 Å². The lowest BCUT2D eigenvalue weighted by Crippen LogP contribution is -2.51. The number of halogens is 1. The van der Waals surface area contributed by atoms with Crippen LogP contribution in [0, 0.1) is 17.8 Å². The first kappa shape index (κ1) is 10.0. The molecule has 1 aromatic rings. The predicted molar refractivity (Wildman–Crippen MR) is 60.9 cm³/mol. The molecule has 2 unspecified atom stereocenters. The Morgan fingerprint density at radius 2 is 2.00 bits per heavy atom. The average molecular weight is 221 g/mol. The van der Waals surface area contributed by atoms with Crippen LogP contribution in [0.5, 0.6) is 0 Å². The summed E-state index contributed by atoms with van der Waals surface area (Å²) in [6.07, 6.45) is 2.97. The van der Waals surface area contributed by atoms with Gasteiger partial charge in [-0.1, -0.05) is 0 Å². The van der Waals surface area contributed by atoms with Crippen LogP contribution in [-0.2, 0) is 0 Å². The summed E-state index contributed by atoms with van der Waals surface area (Å²) in [5.41, 5.74) is 1.05. The molecule has 2 aliphatic rings. The van der Waals surface area contributed by atoms with Gasteiger partial charge in [-0.2, -0.15) is 4.39 Å². The minimum Gasteiger partial charge on any atom is -0.370 e. The van der Waals surface area contributed by atoms with E-state index in [1.165, 1.54) is 12.5 Å². The van der Waals surface area contributed by atoms with Gasteiger partial charge in [0.15, 0.2) is 0 Å². The van der Waals surface area contributed by atoms with Crippen LogP contribution in [-0.4, -0.2) is 31.2 Å². The molecule has 1 N–H and O–H groups in total. The van der Waals surface area contributed by atoms with Gasteiger partial charge in [0.25, 0.3) is 0 Å². The van der Waals surface area contributed by atoms with E-state index in [0.29, 0.717) is 0 Å². The van der Waals surface area contributed by atoms with E-state index in [0.717, 1.165) is 43.7 Å². The monoisotopic (exact) mass is 221 g/mol. The molecule has 0 radical (unpaired) electrons. The fraction of sp³-hybridized carbons (Fsp3) is 0.583. The molecular weight excluding hydrogens is 205 g/mol. The normalized spacial score (nSPS) is 29.2. The number of aromatic nitrogens is 1. The summed E-state index contributed by atoms with van der Waals surface area (Å²) >= 11 is 0.